The van der Waals surface area contributed by atoms with E-state index in [0.29, 0.717) is 13.1 Å². The molecule has 0 saturated carbocycles. The van der Waals surface area contributed by atoms with Crippen molar-refractivity contribution >= 4 is 15.9 Å². The van der Waals surface area contributed by atoms with E-state index in [9.17, 15) is 17.6 Å². The second-order valence-corrected chi connectivity index (χ2v) is 5.73. The summed E-state index contributed by atoms with van der Waals surface area (Å²) in [6.45, 7) is 3.89. The second kappa shape index (κ2) is 7.32. The van der Waals surface area contributed by atoms with Crippen molar-refractivity contribution in [2.24, 2.45) is 5.14 Å². The van der Waals surface area contributed by atoms with Gasteiger partial charge in [0.2, 0.25) is 10.0 Å². The minimum atomic E-state index is -4.12. The van der Waals surface area contributed by atoms with Crippen molar-refractivity contribution < 1.29 is 17.6 Å². The van der Waals surface area contributed by atoms with Crippen LogP contribution < -0.4 is 15.8 Å². The summed E-state index contributed by atoms with van der Waals surface area (Å²) in [5.41, 5.74) is 0.0467. The highest BCUT2D eigenvalue weighted by Gasteiger charge is 2.16. The second-order valence-electron chi connectivity index (χ2n) is 4.20. The maximum absolute atomic E-state index is 13.5. The standard InChI is InChI=1S/C12H18FN3O3S/c1-2-5-15-6-7-16-12(17)9-3-4-11(10(13)8-9)20(14,18)19/h3-4,8,15H,2,5-7H2,1H3,(H,16,17)(H2,14,18,19). The number of benzene rings is 1. The maximum atomic E-state index is 13.5. The molecule has 1 aromatic carbocycles. The minimum Gasteiger partial charge on any atom is -0.351 e. The third-order valence-corrected chi connectivity index (χ3v) is 3.46. The molecule has 0 atom stereocenters. The van der Waals surface area contributed by atoms with Crippen LogP contribution in [0.25, 0.3) is 0 Å². The van der Waals surface area contributed by atoms with Gasteiger partial charge in [0.25, 0.3) is 5.91 Å². The van der Waals surface area contributed by atoms with E-state index in [1.165, 1.54) is 6.07 Å². The number of halogens is 1. The molecule has 0 bridgehead atoms. The molecule has 0 heterocycles. The van der Waals surface area contributed by atoms with Crippen molar-refractivity contribution in [1.82, 2.24) is 10.6 Å². The summed E-state index contributed by atoms with van der Waals surface area (Å²) >= 11 is 0. The molecule has 1 rings (SSSR count). The highest BCUT2D eigenvalue weighted by atomic mass is 32.2. The fraction of sp³-hybridized carbons (Fsp3) is 0.417. The molecule has 8 heteroatoms. The summed E-state index contributed by atoms with van der Waals surface area (Å²) in [4.78, 5) is 11.1. The monoisotopic (exact) mass is 303 g/mol. The predicted molar refractivity (Wildman–Crippen MR) is 73.3 cm³/mol. The third-order valence-electron chi connectivity index (χ3n) is 2.51. The van der Waals surface area contributed by atoms with E-state index < -0.39 is 26.6 Å². The van der Waals surface area contributed by atoms with E-state index in [1.54, 1.807) is 0 Å². The van der Waals surface area contributed by atoms with E-state index in [1.807, 2.05) is 6.92 Å². The van der Waals surface area contributed by atoms with E-state index in [2.05, 4.69) is 10.6 Å². The number of primary sulfonamides is 1. The lowest BCUT2D eigenvalue weighted by atomic mass is 10.2. The molecule has 0 aromatic heterocycles. The van der Waals surface area contributed by atoms with E-state index >= 15 is 0 Å². The largest absolute Gasteiger partial charge is 0.351 e. The first-order valence-electron chi connectivity index (χ1n) is 6.17. The molecule has 0 aliphatic heterocycles. The Kier molecular flexibility index (Phi) is 6.05. The van der Waals surface area contributed by atoms with Crippen LogP contribution in [0, 0.1) is 5.82 Å². The Bertz CT molecular complexity index is 575. The van der Waals surface area contributed by atoms with Crippen molar-refractivity contribution in [1.29, 1.82) is 0 Å². The fourth-order valence-electron chi connectivity index (χ4n) is 1.54. The lowest BCUT2D eigenvalue weighted by Crippen LogP contribution is -2.32. The zero-order chi connectivity index (χ0) is 15.2. The van der Waals surface area contributed by atoms with Gasteiger partial charge in [0, 0.05) is 18.7 Å². The number of carbonyl (C=O) groups excluding carboxylic acids is 1. The number of hydrogen-bond donors (Lipinski definition) is 3. The Hall–Kier alpha value is -1.51. The summed E-state index contributed by atoms with van der Waals surface area (Å²) in [5.74, 6) is -1.51. The summed E-state index contributed by atoms with van der Waals surface area (Å²) < 4.78 is 35.6. The van der Waals surface area contributed by atoms with Gasteiger partial charge in [-0.2, -0.15) is 0 Å². The van der Waals surface area contributed by atoms with Crippen molar-refractivity contribution in [3.8, 4) is 0 Å². The summed E-state index contributed by atoms with van der Waals surface area (Å²) in [6, 6.07) is 3.06. The third kappa shape index (κ3) is 4.87. The number of carbonyl (C=O) groups is 1. The Morgan fingerprint density at radius 2 is 2.00 bits per heavy atom. The molecule has 112 valence electrons. The van der Waals surface area contributed by atoms with Crippen LogP contribution in [0.3, 0.4) is 0 Å². The van der Waals surface area contributed by atoms with E-state index in [4.69, 9.17) is 5.14 Å². The van der Waals surface area contributed by atoms with Crippen molar-refractivity contribution in [3.05, 3.63) is 29.6 Å². The van der Waals surface area contributed by atoms with Crippen LogP contribution in [-0.2, 0) is 10.0 Å². The maximum Gasteiger partial charge on any atom is 0.251 e. The molecule has 0 aliphatic carbocycles. The highest BCUT2D eigenvalue weighted by Crippen LogP contribution is 2.14. The van der Waals surface area contributed by atoms with Crippen LogP contribution in [0.2, 0.25) is 0 Å². The molecular formula is C12H18FN3O3S. The molecule has 0 saturated heterocycles. The Morgan fingerprint density at radius 1 is 1.30 bits per heavy atom. The molecule has 20 heavy (non-hydrogen) atoms. The normalized spacial score (nSPS) is 11.3. The quantitative estimate of drug-likeness (QED) is 0.626. The van der Waals surface area contributed by atoms with Crippen LogP contribution >= 0.6 is 0 Å². The molecule has 1 amide bonds. The van der Waals surface area contributed by atoms with Crippen LogP contribution in [-0.4, -0.2) is 34.0 Å². The average molecular weight is 303 g/mol. The summed E-state index contributed by atoms with van der Waals surface area (Å²) in [7, 11) is -4.12. The number of rotatable bonds is 7. The first-order chi connectivity index (χ1) is 9.36. The van der Waals surface area contributed by atoms with Gasteiger partial charge in [-0.05, 0) is 31.2 Å². The molecular weight excluding hydrogens is 285 g/mol. The van der Waals surface area contributed by atoms with Gasteiger partial charge in [0.05, 0.1) is 0 Å². The van der Waals surface area contributed by atoms with Crippen LogP contribution in [0.4, 0.5) is 4.39 Å². The topological polar surface area (TPSA) is 101 Å². The minimum absolute atomic E-state index is 0.0467. The number of sulfonamides is 1. The zero-order valence-electron chi connectivity index (χ0n) is 11.1. The van der Waals surface area contributed by atoms with Gasteiger partial charge in [0.1, 0.15) is 10.7 Å². The average Bonchev–Trinajstić information content (AvgIpc) is 2.36. The first kappa shape index (κ1) is 16.5. The lowest BCUT2D eigenvalue weighted by molar-refractivity contribution is 0.0953. The molecule has 0 unspecified atom stereocenters. The van der Waals surface area contributed by atoms with Gasteiger partial charge in [0.15, 0.2) is 0 Å². The lowest BCUT2D eigenvalue weighted by Gasteiger charge is -2.07. The molecule has 1 aromatic rings. The Labute approximate surface area is 117 Å². The van der Waals surface area contributed by atoms with Gasteiger partial charge < -0.3 is 10.6 Å². The Balaban J connectivity index is 2.64. The smallest absolute Gasteiger partial charge is 0.251 e. The number of nitrogens with one attached hydrogen (secondary N) is 2. The van der Waals surface area contributed by atoms with Crippen molar-refractivity contribution in [3.63, 3.8) is 0 Å². The number of hydrogen-bond acceptors (Lipinski definition) is 4. The SMILES string of the molecule is CCCNCCNC(=O)c1ccc(S(N)(=O)=O)c(F)c1. The Morgan fingerprint density at radius 3 is 2.55 bits per heavy atom. The van der Waals surface area contributed by atoms with Gasteiger partial charge in [-0.15, -0.1) is 0 Å². The molecule has 0 aliphatic rings. The molecule has 4 N–H and O–H groups in total. The first-order valence-corrected chi connectivity index (χ1v) is 7.72. The molecule has 6 nitrogen and oxygen atoms in total. The fourth-order valence-corrected chi connectivity index (χ4v) is 2.13. The van der Waals surface area contributed by atoms with E-state index in [-0.39, 0.29) is 5.56 Å². The molecule has 0 fully saturated rings. The van der Waals surface area contributed by atoms with Gasteiger partial charge in [-0.3, -0.25) is 4.79 Å². The van der Waals surface area contributed by atoms with Gasteiger partial charge in [-0.25, -0.2) is 17.9 Å². The van der Waals surface area contributed by atoms with Gasteiger partial charge in [-0.1, -0.05) is 6.92 Å². The van der Waals surface area contributed by atoms with Crippen LogP contribution in [0.15, 0.2) is 23.1 Å². The van der Waals surface area contributed by atoms with E-state index in [0.717, 1.165) is 25.1 Å². The number of nitrogens with two attached hydrogens (primary N) is 1. The predicted octanol–water partition coefficient (Wildman–Crippen LogP) is 0.203. The molecule has 0 radical (unpaired) electrons. The molecule has 0 spiro atoms. The highest BCUT2D eigenvalue weighted by molar-refractivity contribution is 7.89. The van der Waals surface area contributed by atoms with Crippen LogP contribution in [0.5, 0.6) is 0 Å². The number of amides is 1. The van der Waals surface area contributed by atoms with Crippen molar-refractivity contribution in [2.75, 3.05) is 19.6 Å². The van der Waals surface area contributed by atoms with Crippen LogP contribution in [0.1, 0.15) is 23.7 Å². The summed E-state index contributed by atoms with van der Waals surface area (Å²) in [6.07, 6.45) is 0.994. The summed E-state index contributed by atoms with van der Waals surface area (Å²) in [5, 5.41) is 10.5. The van der Waals surface area contributed by atoms with Crippen molar-refractivity contribution in [2.45, 2.75) is 18.2 Å². The zero-order valence-corrected chi connectivity index (χ0v) is 12.0. The van der Waals surface area contributed by atoms with Gasteiger partial charge >= 0.3 is 0 Å².